The Morgan fingerprint density at radius 3 is 2.48 bits per heavy atom. The Morgan fingerprint density at radius 1 is 1.09 bits per heavy atom. The number of nitrogens with zero attached hydrogens (tertiary/aromatic N) is 6. The Kier molecular flexibility index (Phi) is 3.37. The minimum absolute atomic E-state index is 0.544. The fraction of sp³-hybridized carbons (Fsp3) is 0.143. The van der Waals surface area contributed by atoms with E-state index in [0.717, 1.165) is 21.8 Å². The third-order valence-electron chi connectivity index (χ3n) is 3.58. The summed E-state index contributed by atoms with van der Waals surface area (Å²) < 4.78 is 3.52. The molecule has 0 aliphatic carbocycles. The molecule has 3 heterocycles. The number of aryl methyl sites for hydroxylation is 1. The van der Waals surface area contributed by atoms with Gasteiger partial charge in [0.25, 0.3) is 0 Å². The standard InChI is InChI=1S/C14H10Cl2N6S/c1-7-11(6-17-21(7)2)13-20-22-12(18-19-14(22)23-13)8-3-9(15)5-10(16)4-8/h3-6H,1-2H3. The first-order chi connectivity index (χ1) is 11.0. The lowest BCUT2D eigenvalue weighted by Gasteiger charge is -1.99. The monoisotopic (exact) mass is 364 g/mol. The van der Waals surface area contributed by atoms with Crippen molar-refractivity contribution in [3.63, 3.8) is 0 Å². The summed E-state index contributed by atoms with van der Waals surface area (Å²) in [5.74, 6) is 0.605. The molecule has 6 nitrogen and oxygen atoms in total. The zero-order valence-corrected chi connectivity index (χ0v) is 14.5. The van der Waals surface area contributed by atoms with Gasteiger partial charge in [0.1, 0.15) is 0 Å². The molecule has 0 unspecified atom stereocenters. The van der Waals surface area contributed by atoms with E-state index < -0.39 is 0 Å². The highest BCUT2D eigenvalue weighted by atomic mass is 35.5. The molecule has 0 N–H and O–H groups in total. The van der Waals surface area contributed by atoms with Crippen LogP contribution in [0.25, 0.3) is 26.9 Å². The predicted octanol–water partition coefficient (Wildman–Crippen LogP) is 3.87. The highest BCUT2D eigenvalue weighted by Gasteiger charge is 2.17. The van der Waals surface area contributed by atoms with Crippen molar-refractivity contribution >= 4 is 39.5 Å². The van der Waals surface area contributed by atoms with Crippen LogP contribution in [0.2, 0.25) is 10.0 Å². The van der Waals surface area contributed by atoms with Gasteiger partial charge in [-0.05, 0) is 25.1 Å². The second kappa shape index (κ2) is 5.30. The molecule has 0 radical (unpaired) electrons. The molecular formula is C14H10Cl2N6S. The van der Waals surface area contributed by atoms with Crippen molar-refractivity contribution in [3.05, 3.63) is 40.1 Å². The molecule has 0 aliphatic heterocycles. The lowest BCUT2D eigenvalue weighted by atomic mass is 10.2. The summed E-state index contributed by atoms with van der Waals surface area (Å²) in [6.45, 7) is 2.00. The van der Waals surface area contributed by atoms with Crippen LogP contribution in [0.1, 0.15) is 5.69 Å². The van der Waals surface area contributed by atoms with Gasteiger partial charge in [-0.25, -0.2) is 0 Å². The van der Waals surface area contributed by atoms with Gasteiger partial charge in [-0.15, -0.1) is 10.2 Å². The first-order valence-electron chi connectivity index (χ1n) is 6.70. The number of rotatable bonds is 2. The van der Waals surface area contributed by atoms with Crippen LogP contribution in [0.3, 0.4) is 0 Å². The number of fused-ring (bicyclic) bond motifs is 1. The van der Waals surface area contributed by atoms with E-state index in [1.165, 1.54) is 11.3 Å². The molecule has 0 aliphatic rings. The van der Waals surface area contributed by atoms with Crippen molar-refractivity contribution in [2.45, 2.75) is 6.92 Å². The van der Waals surface area contributed by atoms with Crippen molar-refractivity contribution < 1.29 is 0 Å². The molecule has 0 bridgehead atoms. The SMILES string of the molecule is Cc1c(-c2nn3c(-c4cc(Cl)cc(Cl)c4)nnc3s2)cnn1C. The molecule has 116 valence electrons. The maximum absolute atomic E-state index is 6.07. The van der Waals surface area contributed by atoms with Gasteiger partial charge in [0.15, 0.2) is 10.8 Å². The molecule has 0 amide bonds. The summed E-state index contributed by atoms with van der Waals surface area (Å²) >= 11 is 13.6. The van der Waals surface area contributed by atoms with Crippen molar-refractivity contribution in [3.8, 4) is 22.0 Å². The van der Waals surface area contributed by atoms with Gasteiger partial charge in [0.2, 0.25) is 4.96 Å². The van der Waals surface area contributed by atoms with E-state index in [4.69, 9.17) is 23.2 Å². The highest BCUT2D eigenvalue weighted by molar-refractivity contribution is 7.19. The molecule has 4 rings (SSSR count). The number of aromatic nitrogens is 6. The summed E-state index contributed by atoms with van der Waals surface area (Å²) in [5, 5.41) is 19.2. The molecule has 0 atom stereocenters. The summed E-state index contributed by atoms with van der Waals surface area (Å²) in [6.07, 6.45) is 1.80. The number of hydrogen-bond acceptors (Lipinski definition) is 5. The molecular weight excluding hydrogens is 355 g/mol. The third kappa shape index (κ3) is 2.41. The van der Waals surface area contributed by atoms with E-state index >= 15 is 0 Å². The summed E-state index contributed by atoms with van der Waals surface area (Å²) in [5.41, 5.74) is 2.80. The van der Waals surface area contributed by atoms with E-state index in [1.807, 2.05) is 18.7 Å². The number of benzene rings is 1. The van der Waals surface area contributed by atoms with Crippen LogP contribution in [-0.4, -0.2) is 29.6 Å². The van der Waals surface area contributed by atoms with Gasteiger partial charge in [-0.3, -0.25) is 4.68 Å². The molecule has 23 heavy (non-hydrogen) atoms. The minimum Gasteiger partial charge on any atom is -0.272 e. The predicted molar refractivity (Wildman–Crippen MR) is 91.1 cm³/mol. The van der Waals surface area contributed by atoms with Gasteiger partial charge >= 0.3 is 0 Å². The van der Waals surface area contributed by atoms with E-state index in [0.29, 0.717) is 20.8 Å². The van der Waals surface area contributed by atoms with E-state index in [9.17, 15) is 0 Å². The molecule has 4 aromatic rings. The van der Waals surface area contributed by atoms with Crippen LogP contribution < -0.4 is 0 Å². The van der Waals surface area contributed by atoms with E-state index in [-0.39, 0.29) is 0 Å². The quantitative estimate of drug-likeness (QED) is 0.541. The van der Waals surface area contributed by atoms with Crippen LogP contribution in [0, 0.1) is 6.92 Å². The average molecular weight is 365 g/mol. The first kappa shape index (κ1) is 14.6. The van der Waals surface area contributed by atoms with Crippen LogP contribution in [0.15, 0.2) is 24.4 Å². The molecule has 0 saturated carbocycles. The van der Waals surface area contributed by atoms with Crippen molar-refractivity contribution in [2.75, 3.05) is 0 Å². The van der Waals surface area contributed by atoms with Crippen LogP contribution in [0.5, 0.6) is 0 Å². The number of halogens is 2. The zero-order chi connectivity index (χ0) is 16.1. The fourth-order valence-electron chi connectivity index (χ4n) is 2.30. The Hall–Kier alpha value is -1.96. The van der Waals surface area contributed by atoms with Gasteiger partial charge < -0.3 is 0 Å². The Labute approximate surface area is 145 Å². The Bertz CT molecular complexity index is 1010. The molecule has 0 fully saturated rings. The van der Waals surface area contributed by atoms with Crippen molar-refractivity contribution in [2.24, 2.45) is 7.05 Å². The smallest absolute Gasteiger partial charge is 0.235 e. The van der Waals surface area contributed by atoms with Gasteiger partial charge in [-0.1, -0.05) is 34.5 Å². The van der Waals surface area contributed by atoms with Crippen LogP contribution >= 0.6 is 34.5 Å². The van der Waals surface area contributed by atoms with Crippen LogP contribution in [-0.2, 0) is 7.05 Å². The Morgan fingerprint density at radius 2 is 1.83 bits per heavy atom. The van der Waals surface area contributed by atoms with Crippen molar-refractivity contribution in [1.82, 2.24) is 29.6 Å². The Balaban J connectivity index is 1.88. The molecule has 0 spiro atoms. The van der Waals surface area contributed by atoms with Gasteiger partial charge in [-0.2, -0.15) is 14.7 Å². The third-order valence-corrected chi connectivity index (χ3v) is 4.95. The molecule has 3 aromatic heterocycles. The van der Waals surface area contributed by atoms with Crippen molar-refractivity contribution in [1.29, 1.82) is 0 Å². The van der Waals surface area contributed by atoms with Crippen LogP contribution in [0.4, 0.5) is 0 Å². The van der Waals surface area contributed by atoms with Gasteiger partial charge in [0, 0.05) is 28.4 Å². The van der Waals surface area contributed by atoms with E-state index in [2.05, 4.69) is 20.4 Å². The normalized spacial score (nSPS) is 11.5. The summed E-state index contributed by atoms with van der Waals surface area (Å²) in [6, 6.07) is 5.26. The molecule has 9 heteroatoms. The maximum Gasteiger partial charge on any atom is 0.235 e. The number of hydrogen-bond donors (Lipinski definition) is 0. The molecule has 1 aromatic carbocycles. The average Bonchev–Trinajstić information content (AvgIpc) is 3.13. The largest absolute Gasteiger partial charge is 0.272 e. The second-order valence-electron chi connectivity index (χ2n) is 5.05. The lowest BCUT2D eigenvalue weighted by Crippen LogP contribution is -1.93. The highest BCUT2D eigenvalue weighted by Crippen LogP contribution is 2.31. The molecule has 0 saturated heterocycles. The first-order valence-corrected chi connectivity index (χ1v) is 8.28. The topological polar surface area (TPSA) is 60.9 Å². The van der Waals surface area contributed by atoms with E-state index in [1.54, 1.807) is 28.9 Å². The minimum atomic E-state index is 0.544. The second-order valence-corrected chi connectivity index (χ2v) is 6.88. The maximum atomic E-state index is 6.07. The fourth-order valence-corrected chi connectivity index (χ4v) is 3.72. The van der Waals surface area contributed by atoms with Gasteiger partial charge in [0.05, 0.1) is 11.8 Å². The summed E-state index contributed by atoms with van der Waals surface area (Å²) in [4.78, 5) is 0.703. The zero-order valence-electron chi connectivity index (χ0n) is 12.2. The summed E-state index contributed by atoms with van der Waals surface area (Å²) in [7, 11) is 1.90. The lowest BCUT2D eigenvalue weighted by molar-refractivity contribution is 0.740.